The van der Waals surface area contributed by atoms with Crippen molar-refractivity contribution in [2.75, 3.05) is 18.4 Å². The van der Waals surface area contributed by atoms with E-state index in [0.29, 0.717) is 25.4 Å². The van der Waals surface area contributed by atoms with Crippen molar-refractivity contribution in [2.24, 2.45) is 5.92 Å². The molecule has 0 aromatic heterocycles. The average molecular weight is 352 g/mol. The highest BCUT2D eigenvalue weighted by Gasteiger charge is 2.28. The number of phenolic OH excluding ortho intramolecular Hbond substituents is 1. The van der Waals surface area contributed by atoms with Crippen LogP contribution < -0.4 is 5.32 Å². The Hall–Kier alpha value is -1.60. The summed E-state index contributed by atoms with van der Waals surface area (Å²) in [6.45, 7) is 1.04. The summed E-state index contributed by atoms with van der Waals surface area (Å²) in [7, 11) is -3.57. The Morgan fingerprint density at radius 2 is 1.83 bits per heavy atom. The largest absolute Gasteiger partial charge is 0.506 e. The van der Waals surface area contributed by atoms with Crippen molar-refractivity contribution in [1.29, 1.82) is 0 Å². The van der Waals surface area contributed by atoms with E-state index in [9.17, 15) is 18.3 Å². The first-order valence-electron chi connectivity index (χ1n) is 8.60. The third-order valence-electron chi connectivity index (χ3n) is 4.89. The Kier molecular flexibility index (Phi) is 5.10. The molecule has 2 aliphatic rings. The van der Waals surface area contributed by atoms with Crippen molar-refractivity contribution < 1.29 is 18.3 Å². The van der Waals surface area contributed by atoms with Crippen LogP contribution in [0.5, 0.6) is 5.75 Å². The number of benzene rings is 1. The fourth-order valence-corrected chi connectivity index (χ4v) is 5.08. The number of phenols is 1. The molecule has 24 heavy (non-hydrogen) atoms. The van der Waals surface area contributed by atoms with Gasteiger partial charge >= 0.3 is 0 Å². The Morgan fingerprint density at radius 3 is 2.50 bits per heavy atom. The molecule has 0 atom stereocenters. The summed E-state index contributed by atoms with van der Waals surface area (Å²) in [6.07, 6.45) is 6.58. The van der Waals surface area contributed by atoms with Gasteiger partial charge in [0.1, 0.15) is 5.75 Å². The van der Waals surface area contributed by atoms with Gasteiger partial charge in [-0.1, -0.05) is 12.8 Å². The topological polar surface area (TPSA) is 86.7 Å². The lowest BCUT2D eigenvalue weighted by molar-refractivity contribution is -0.117. The average Bonchev–Trinajstić information content (AvgIpc) is 3.22. The van der Waals surface area contributed by atoms with E-state index in [0.717, 1.165) is 38.5 Å². The minimum Gasteiger partial charge on any atom is -0.506 e. The van der Waals surface area contributed by atoms with Crippen molar-refractivity contribution in [2.45, 2.75) is 49.8 Å². The monoisotopic (exact) mass is 352 g/mol. The Morgan fingerprint density at radius 1 is 1.17 bits per heavy atom. The molecule has 2 N–H and O–H groups in total. The molecule has 1 heterocycles. The zero-order chi connectivity index (χ0) is 17.2. The summed E-state index contributed by atoms with van der Waals surface area (Å²) in [5.74, 6) is 0.103. The number of nitrogens with one attached hydrogen (secondary N) is 1. The van der Waals surface area contributed by atoms with E-state index in [2.05, 4.69) is 5.32 Å². The number of rotatable bonds is 5. The number of hydrogen-bond acceptors (Lipinski definition) is 4. The highest BCUT2D eigenvalue weighted by Crippen LogP contribution is 2.31. The van der Waals surface area contributed by atoms with Crippen LogP contribution in [-0.2, 0) is 14.8 Å². The van der Waals surface area contributed by atoms with Crippen LogP contribution >= 0.6 is 0 Å². The van der Waals surface area contributed by atoms with Crippen LogP contribution in [0.2, 0.25) is 0 Å². The molecule has 1 saturated carbocycles. The van der Waals surface area contributed by atoms with Gasteiger partial charge < -0.3 is 10.4 Å². The Bertz CT molecular complexity index is 705. The molecule has 1 aliphatic heterocycles. The molecule has 1 amide bonds. The Balaban J connectivity index is 1.74. The van der Waals surface area contributed by atoms with Crippen molar-refractivity contribution in [1.82, 2.24) is 4.31 Å². The van der Waals surface area contributed by atoms with E-state index < -0.39 is 10.0 Å². The molecule has 1 aromatic carbocycles. The second kappa shape index (κ2) is 7.11. The molecule has 1 aromatic rings. The maximum atomic E-state index is 12.6. The standard InChI is InChI=1S/C17H24N2O4S/c20-16-8-7-14(24(22,23)19-9-3-4-10-19)12-15(16)18-17(21)11-13-5-1-2-6-13/h7-8,12-13,20H,1-6,9-11H2,(H,18,21). The molecule has 0 unspecified atom stereocenters. The number of aromatic hydroxyl groups is 1. The summed E-state index contributed by atoms with van der Waals surface area (Å²) in [5, 5.41) is 12.6. The zero-order valence-corrected chi connectivity index (χ0v) is 14.5. The van der Waals surface area contributed by atoms with Gasteiger partial charge in [0.05, 0.1) is 10.6 Å². The van der Waals surface area contributed by atoms with Crippen LogP contribution in [0, 0.1) is 5.92 Å². The van der Waals surface area contributed by atoms with E-state index in [1.54, 1.807) is 0 Å². The molecular weight excluding hydrogens is 328 g/mol. The summed E-state index contributed by atoms with van der Waals surface area (Å²) in [6, 6.07) is 4.07. The van der Waals surface area contributed by atoms with Crippen LogP contribution in [0.15, 0.2) is 23.1 Å². The van der Waals surface area contributed by atoms with Gasteiger partial charge in [-0.2, -0.15) is 4.31 Å². The van der Waals surface area contributed by atoms with Gasteiger partial charge in [-0.05, 0) is 49.8 Å². The van der Waals surface area contributed by atoms with Crippen LogP contribution in [-0.4, -0.2) is 36.8 Å². The van der Waals surface area contributed by atoms with Gasteiger partial charge in [0.2, 0.25) is 15.9 Å². The predicted octanol–water partition coefficient (Wildman–Crippen LogP) is 2.70. The maximum Gasteiger partial charge on any atom is 0.243 e. The van der Waals surface area contributed by atoms with E-state index in [4.69, 9.17) is 0 Å². The Labute approximate surface area is 142 Å². The van der Waals surface area contributed by atoms with Crippen molar-refractivity contribution in [3.8, 4) is 5.75 Å². The number of nitrogens with zero attached hydrogens (tertiary/aromatic N) is 1. The number of carbonyl (C=O) groups excluding carboxylic acids is 1. The second-order valence-electron chi connectivity index (χ2n) is 6.69. The lowest BCUT2D eigenvalue weighted by atomic mass is 10.0. The number of hydrogen-bond donors (Lipinski definition) is 2. The van der Waals surface area contributed by atoms with Gasteiger partial charge in [0, 0.05) is 19.5 Å². The molecule has 132 valence electrons. The molecule has 1 aliphatic carbocycles. The van der Waals surface area contributed by atoms with Gasteiger partial charge in [0.15, 0.2) is 0 Å². The summed E-state index contributed by atoms with van der Waals surface area (Å²) < 4.78 is 26.6. The van der Waals surface area contributed by atoms with E-state index >= 15 is 0 Å². The van der Waals surface area contributed by atoms with Gasteiger partial charge in [-0.3, -0.25) is 4.79 Å². The van der Waals surface area contributed by atoms with Crippen molar-refractivity contribution in [3.05, 3.63) is 18.2 Å². The summed E-state index contributed by atoms with van der Waals surface area (Å²) in [5.41, 5.74) is 0.165. The third-order valence-corrected chi connectivity index (χ3v) is 6.79. The van der Waals surface area contributed by atoms with E-state index in [1.807, 2.05) is 0 Å². The predicted molar refractivity (Wildman–Crippen MR) is 91.3 cm³/mol. The van der Waals surface area contributed by atoms with E-state index in [-0.39, 0.29) is 22.2 Å². The van der Waals surface area contributed by atoms with Crippen LogP contribution in [0.1, 0.15) is 44.9 Å². The fraction of sp³-hybridized carbons (Fsp3) is 0.588. The minimum atomic E-state index is -3.57. The van der Waals surface area contributed by atoms with Gasteiger partial charge in [-0.25, -0.2) is 8.42 Å². The SMILES string of the molecule is O=C(CC1CCCC1)Nc1cc(S(=O)(=O)N2CCCC2)ccc1O. The first-order valence-corrected chi connectivity index (χ1v) is 10.0. The smallest absolute Gasteiger partial charge is 0.243 e. The van der Waals surface area contributed by atoms with Crippen molar-refractivity contribution >= 4 is 21.6 Å². The first kappa shape index (κ1) is 17.2. The van der Waals surface area contributed by atoms with E-state index in [1.165, 1.54) is 22.5 Å². The lowest BCUT2D eigenvalue weighted by Crippen LogP contribution is -2.28. The second-order valence-corrected chi connectivity index (χ2v) is 8.63. The normalized spacial score (nSPS) is 19.7. The first-order chi connectivity index (χ1) is 11.5. The molecule has 6 nitrogen and oxygen atoms in total. The number of sulfonamides is 1. The summed E-state index contributed by atoms with van der Waals surface area (Å²) in [4.78, 5) is 12.3. The highest BCUT2D eigenvalue weighted by molar-refractivity contribution is 7.89. The molecule has 1 saturated heterocycles. The third kappa shape index (κ3) is 3.72. The zero-order valence-electron chi connectivity index (χ0n) is 13.7. The quantitative estimate of drug-likeness (QED) is 0.798. The molecular formula is C17H24N2O4S. The molecule has 7 heteroatoms. The summed E-state index contributed by atoms with van der Waals surface area (Å²) >= 11 is 0. The lowest BCUT2D eigenvalue weighted by Gasteiger charge is -2.17. The number of carbonyl (C=O) groups is 1. The molecule has 0 radical (unpaired) electrons. The molecule has 0 spiro atoms. The van der Waals surface area contributed by atoms with Gasteiger partial charge in [0.25, 0.3) is 0 Å². The van der Waals surface area contributed by atoms with Gasteiger partial charge in [-0.15, -0.1) is 0 Å². The maximum absolute atomic E-state index is 12.6. The minimum absolute atomic E-state index is 0.110. The van der Waals surface area contributed by atoms with Crippen LogP contribution in [0.3, 0.4) is 0 Å². The molecule has 2 fully saturated rings. The van der Waals surface area contributed by atoms with Crippen molar-refractivity contribution in [3.63, 3.8) is 0 Å². The highest BCUT2D eigenvalue weighted by atomic mass is 32.2. The number of amides is 1. The number of anilines is 1. The van der Waals surface area contributed by atoms with Crippen LogP contribution in [0.25, 0.3) is 0 Å². The fourth-order valence-electron chi connectivity index (χ4n) is 3.53. The molecule has 3 rings (SSSR count). The van der Waals surface area contributed by atoms with Crippen LogP contribution in [0.4, 0.5) is 5.69 Å². The molecule has 0 bridgehead atoms.